The topological polar surface area (TPSA) is 21.7 Å². The maximum Gasteiger partial charge on any atom is 0.0700 e. The lowest BCUT2D eigenvalue weighted by Crippen LogP contribution is -2.44. The minimum Gasteiger partial charge on any atom is -0.382 e. The van der Waals surface area contributed by atoms with Crippen molar-refractivity contribution in [2.24, 2.45) is 5.92 Å². The van der Waals surface area contributed by atoms with Gasteiger partial charge in [-0.05, 0) is 196 Å². The lowest BCUT2D eigenvalue weighted by molar-refractivity contribution is 0.0525. The standard InChI is InChI=1S/C53H33NO2/c1-20-3-5-21(6-4-20)52-53-18-28-16-26-14-23-11-22-12-25-13-24-15-27-17-29(30(53)19-54(52)7-8-56-10-9-55-2)38-43-34(27)33(24)40-35(25)39-31(22)32(23)41-36(26)42-37(28)51(53)50(38)49-47(42)45(41)44(39)46(40)48(43)49/h3-6,11-14,16,30,52H,7-10,15,17-19H2,1-2H3. The highest BCUT2D eigenvalue weighted by Crippen LogP contribution is 2.70. The van der Waals surface area contributed by atoms with Crippen LogP contribution in [0.4, 0.5) is 0 Å². The molecule has 262 valence electrons. The van der Waals surface area contributed by atoms with Crippen molar-refractivity contribution in [2.75, 3.05) is 40.0 Å². The predicted octanol–water partition coefficient (Wildman–Crippen LogP) is 10.0. The first-order valence-electron chi connectivity index (χ1n) is 21.1. The molecular formula is C53H33NO2. The molecule has 4 aliphatic carbocycles. The van der Waals surface area contributed by atoms with Crippen LogP contribution < -0.4 is 10.4 Å². The van der Waals surface area contributed by atoms with Crippen LogP contribution in [-0.4, -0.2) is 44.9 Å². The minimum absolute atomic E-state index is 0.0404. The van der Waals surface area contributed by atoms with E-state index >= 15 is 0 Å². The Morgan fingerprint density at radius 1 is 0.589 bits per heavy atom. The molecule has 3 nitrogen and oxygen atoms in total. The van der Waals surface area contributed by atoms with E-state index in [2.05, 4.69) is 66.4 Å². The van der Waals surface area contributed by atoms with E-state index in [9.17, 15) is 0 Å². The monoisotopic (exact) mass is 715 g/mol. The van der Waals surface area contributed by atoms with E-state index in [1.165, 1.54) is 32.7 Å². The van der Waals surface area contributed by atoms with E-state index in [4.69, 9.17) is 9.47 Å². The zero-order valence-electron chi connectivity index (χ0n) is 31.3. The number of ether oxygens (including phenoxy) is 2. The van der Waals surface area contributed by atoms with Gasteiger partial charge in [0, 0.05) is 37.6 Å². The van der Waals surface area contributed by atoms with Gasteiger partial charge in [0.2, 0.25) is 0 Å². The number of methoxy groups -OCH3 is 1. The quantitative estimate of drug-likeness (QED) is 0.121. The Bertz CT molecular complexity index is 4080. The summed E-state index contributed by atoms with van der Waals surface area (Å²) < 4.78 is 11.7. The highest BCUT2D eigenvalue weighted by atomic mass is 16.5. The van der Waals surface area contributed by atoms with Gasteiger partial charge in [0.05, 0.1) is 19.8 Å². The Kier molecular flexibility index (Phi) is 3.88. The molecule has 0 radical (unpaired) electrons. The molecule has 3 atom stereocenters. The van der Waals surface area contributed by atoms with Crippen molar-refractivity contribution < 1.29 is 9.47 Å². The summed E-state index contributed by atoms with van der Waals surface area (Å²) in [6, 6.07) is 23.0. The molecule has 18 rings (SSSR count). The van der Waals surface area contributed by atoms with Crippen LogP contribution in [0.5, 0.6) is 0 Å². The second-order valence-corrected chi connectivity index (χ2v) is 19.1. The first-order chi connectivity index (χ1) is 27.7. The fraction of sp³-hybridized carbons (Fsp3) is 0.245. The van der Waals surface area contributed by atoms with E-state index < -0.39 is 0 Å². The van der Waals surface area contributed by atoms with E-state index in [0.29, 0.717) is 19.1 Å². The van der Waals surface area contributed by atoms with Crippen LogP contribution in [0, 0.1) is 12.8 Å². The molecule has 5 aliphatic rings. The normalized spacial score (nSPS) is 23.2. The van der Waals surface area contributed by atoms with Crippen LogP contribution in [0.15, 0.2) is 54.6 Å². The Labute approximate surface area is 319 Å². The molecule has 3 heteroatoms. The van der Waals surface area contributed by atoms with E-state index in [1.54, 1.807) is 142 Å². The lowest BCUT2D eigenvalue weighted by atomic mass is 9.60. The third kappa shape index (κ3) is 2.31. The molecule has 1 spiro atoms. The van der Waals surface area contributed by atoms with E-state index in [-0.39, 0.29) is 11.5 Å². The van der Waals surface area contributed by atoms with Gasteiger partial charge in [0.15, 0.2) is 0 Å². The molecule has 1 heterocycles. The Morgan fingerprint density at radius 3 is 1.93 bits per heavy atom. The summed E-state index contributed by atoms with van der Waals surface area (Å²) >= 11 is 0. The molecule has 1 saturated heterocycles. The molecule has 0 saturated carbocycles. The van der Waals surface area contributed by atoms with Crippen LogP contribution in [0.25, 0.3) is 130 Å². The number of nitrogens with zero attached hydrogens (tertiary/aromatic N) is 1. The van der Waals surface area contributed by atoms with Gasteiger partial charge in [0.1, 0.15) is 0 Å². The van der Waals surface area contributed by atoms with Crippen molar-refractivity contribution >= 4 is 130 Å². The zero-order chi connectivity index (χ0) is 35.6. The SMILES string of the molecule is COCCOCCN1CC2C3=c4c5c6c7c(cc8cc9cc%10cc%11cc%12c%13c(c4c4c5c5c7c8c7c9c%10c8c%11c%13c4c8c75)=C(C3)C%12)CC62C1c1ccc(C)cc1. The molecule has 0 bridgehead atoms. The fourth-order valence-electron chi connectivity index (χ4n) is 16.0. The average Bonchev–Trinajstić information content (AvgIpc) is 4.05. The highest BCUT2D eigenvalue weighted by molar-refractivity contribution is 6.63. The summed E-state index contributed by atoms with van der Waals surface area (Å²) in [4.78, 5) is 2.87. The van der Waals surface area contributed by atoms with Gasteiger partial charge in [0.25, 0.3) is 0 Å². The number of hydrogen-bond acceptors (Lipinski definition) is 3. The first kappa shape index (κ1) is 27.3. The fourth-order valence-corrected chi connectivity index (χ4v) is 16.0. The molecule has 0 aromatic heterocycles. The van der Waals surface area contributed by atoms with Crippen LogP contribution in [0.3, 0.4) is 0 Å². The number of likely N-dealkylation sites (tertiary alicyclic amines) is 1. The Hall–Kier alpha value is -5.32. The number of rotatable bonds is 7. The highest BCUT2D eigenvalue weighted by Gasteiger charge is 2.62. The van der Waals surface area contributed by atoms with Gasteiger partial charge in [-0.15, -0.1) is 0 Å². The lowest BCUT2D eigenvalue weighted by Gasteiger charge is -2.43. The summed E-state index contributed by atoms with van der Waals surface area (Å²) in [6.07, 6.45) is 3.33. The largest absolute Gasteiger partial charge is 0.382 e. The first-order valence-corrected chi connectivity index (χ1v) is 21.1. The third-order valence-electron chi connectivity index (χ3n) is 17.2. The zero-order valence-corrected chi connectivity index (χ0v) is 31.3. The van der Waals surface area contributed by atoms with Crippen LogP contribution in [0.1, 0.15) is 40.3 Å². The maximum atomic E-state index is 6.29. The molecule has 56 heavy (non-hydrogen) atoms. The third-order valence-corrected chi connectivity index (χ3v) is 17.2. The molecule has 1 aliphatic heterocycles. The van der Waals surface area contributed by atoms with Crippen molar-refractivity contribution in [1.82, 2.24) is 4.90 Å². The molecule has 3 unspecified atom stereocenters. The number of hydrogen-bond donors (Lipinski definition) is 0. The van der Waals surface area contributed by atoms with Gasteiger partial charge in [-0.3, -0.25) is 4.90 Å². The van der Waals surface area contributed by atoms with Gasteiger partial charge in [-0.2, -0.15) is 0 Å². The van der Waals surface area contributed by atoms with E-state index in [0.717, 1.165) is 39.0 Å². The van der Waals surface area contributed by atoms with Crippen LogP contribution in [-0.2, 0) is 27.7 Å². The second kappa shape index (κ2) is 7.95. The molecule has 0 amide bonds. The summed E-state index contributed by atoms with van der Waals surface area (Å²) in [7, 11) is 1.77. The molecule has 13 aromatic carbocycles. The summed E-state index contributed by atoms with van der Waals surface area (Å²) in [6.45, 7) is 6.27. The number of benzene rings is 9. The van der Waals surface area contributed by atoms with Gasteiger partial charge in [-0.25, -0.2) is 0 Å². The van der Waals surface area contributed by atoms with Gasteiger partial charge in [-0.1, -0.05) is 53.1 Å². The second-order valence-electron chi connectivity index (χ2n) is 19.1. The smallest absolute Gasteiger partial charge is 0.0700 e. The van der Waals surface area contributed by atoms with Gasteiger partial charge >= 0.3 is 0 Å². The number of fused-ring (bicyclic) bond motifs is 1. The van der Waals surface area contributed by atoms with Crippen molar-refractivity contribution in [3.63, 3.8) is 0 Å². The maximum absolute atomic E-state index is 6.29. The summed E-state index contributed by atoms with van der Waals surface area (Å²) in [5, 5.41) is 38.0. The Morgan fingerprint density at radius 2 is 1.20 bits per heavy atom. The number of aryl methyl sites for hydroxylation is 1. The van der Waals surface area contributed by atoms with Crippen molar-refractivity contribution in [3.05, 3.63) is 92.9 Å². The van der Waals surface area contributed by atoms with Crippen molar-refractivity contribution in [3.8, 4) is 0 Å². The van der Waals surface area contributed by atoms with Crippen molar-refractivity contribution in [2.45, 2.75) is 37.6 Å². The summed E-state index contributed by atoms with van der Waals surface area (Å²) in [5.41, 5.74) is 11.2. The molecule has 13 aromatic rings. The predicted molar refractivity (Wildman–Crippen MR) is 231 cm³/mol. The van der Waals surface area contributed by atoms with E-state index in [1.807, 2.05) is 0 Å². The molecule has 1 fully saturated rings. The van der Waals surface area contributed by atoms with Crippen molar-refractivity contribution in [1.29, 1.82) is 0 Å². The minimum atomic E-state index is -0.0404. The van der Waals surface area contributed by atoms with Crippen LogP contribution in [0.2, 0.25) is 0 Å². The van der Waals surface area contributed by atoms with Gasteiger partial charge < -0.3 is 9.47 Å². The van der Waals surface area contributed by atoms with Crippen LogP contribution >= 0.6 is 0 Å². The molecular weight excluding hydrogens is 683 g/mol. The average molecular weight is 716 g/mol. The Balaban J connectivity index is 1.12. The summed E-state index contributed by atoms with van der Waals surface area (Å²) in [5.74, 6) is 0.448. The molecule has 0 N–H and O–H groups in total.